The Balaban J connectivity index is 2.99. The zero-order valence-corrected chi connectivity index (χ0v) is 12.8. The quantitative estimate of drug-likeness (QED) is 0.426. The molecular weight excluding hydrogens is 264 g/mol. The van der Waals surface area contributed by atoms with Gasteiger partial charge in [0.2, 0.25) is 0 Å². The summed E-state index contributed by atoms with van der Waals surface area (Å²) in [7, 11) is 1.54. The Bertz CT molecular complexity index is 179. The number of hydrogen-bond acceptors (Lipinski definition) is 6. The van der Waals surface area contributed by atoms with Gasteiger partial charge in [-0.1, -0.05) is 13.3 Å². The summed E-state index contributed by atoms with van der Waals surface area (Å²) in [5.41, 5.74) is 0. The van der Waals surface area contributed by atoms with Crippen molar-refractivity contribution in [1.82, 2.24) is 0 Å². The number of hydrogen-bond donors (Lipinski definition) is 1. The molecule has 0 aliphatic carbocycles. The van der Waals surface area contributed by atoms with Crippen molar-refractivity contribution < 1.29 is 28.8 Å². The average molecular weight is 294 g/mol. The van der Waals surface area contributed by atoms with Crippen LogP contribution in [0.25, 0.3) is 0 Å². The summed E-state index contributed by atoms with van der Waals surface area (Å²) in [6, 6.07) is 0. The van der Waals surface area contributed by atoms with E-state index < -0.39 is 6.10 Å². The Morgan fingerprint density at radius 3 is 1.75 bits per heavy atom. The number of rotatable bonds is 16. The van der Waals surface area contributed by atoms with Crippen molar-refractivity contribution in [2.45, 2.75) is 25.9 Å². The fourth-order valence-electron chi connectivity index (χ4n) is 1.37. The van der Waals surface area contributed by atoms with Gasteiger partial charge >= 0.3 is 0 Å². The molecule has 122 valence electrons. The number of unbranched alkanes of at least 4 members (excludes halogenated alkanes) is 1. The summed E-state index contributed by atoms with van der Waals surface area (Å²) in [5, 5.41) is 9.30. The van der Waals surface area contributed by atoms with Crippen LogP contribution in [0.1, 0.15) is 19.8 Å². The number of aliphatic hydroxyl groups excluding tert-OH is 1. The van der Waals surface area contributed by atoms with Crippen molar-refractivity contribution in [3.8, 4) is 0 Å². The predicted molar refractivity (Wildman–Crippen MR) is 76.1 cm³/mol. The van der Waals surface area contributed by atoms with E-state index in [0.29, 0.717) is 39.6 Å². The summed E-state index contributed by atoms with van der Waals surface area (Å²) < 4.78 is 26.0. The maximum Gasteiger partial charge on any atom is 0.101 e. The third kappa shape index (κ3) is 15.8. The van der Waals surface area contributed by atoms with E-state index in [9.17, 15) is 5.11 Å². The van der Waals surface area contributed by atoms with E-state index in [1.54, 1.807) is 7.11 Å². The molecule has 1 unspecified atom stereocenters. The fourth-order valence-corrected chi connectivity index (χ4v) is 1.37. The fraction of sp³-hybridized carbons (Fsp3) is 1.00. The Labute approximate surface area is 122 Å². The van der Waals surface area contributed by atoms with Crippen LogP contribution >= 0.6 is 0 Å². The molecule has 1 N–H and O–H groups in total. The molecule has 20 heavy (non-hydrogen) atoms. The average Bonchev–Trinajstić information content (AvgIpc) is 2.44. The van der Waals surface area contributed by atoms with Crippen LogP contribution in [-0.4, -0.2) is 77.8 Å². The molecule has 0 aromatic carbocycles. The first-order valence-electron chi connectivity index (χ1n) is 7.29. The van der Waals surface area contributed by atoms with Crippen molar-refractivity contribution in [3.63, 3.8) is 0 Å². The van der Waals surface area contributed by atoms with Gasteiger partial charge in [-0.15, -0.1) is 0 Å². The minimum atomic E-state index is -0.573. The lowest BCUT2D eigenvalue weighted by atomic mass is 10.4. The van der Waals surface area contributed by atoms with E-state index in [-0.39, 0.29) is 13.2 Å². The maximum absolute atomic E-state index is 9.30. The highest BCUT2D eigenvalue weighted by molar-refractivity contribution is 4.49. The van der Waals surface area contributed by atoms with Gasteiger partial charge in [-0.3, -0.25) is 0 Å². The standard InChI is InChI=1S/C14H30O6/c1-3-4-5-17-6-7-18-8-9-19-10-11-20-13-14(15)12-16-2/h14-15H,3-13H2,1-2H3. The summed E-state index contributed by atoms with van der Waals surface area (Å²) in [4.78, 5) is 0. The Morgan fingerprint density at radius 2 is 1.25 bits per heavy atom. The molecule has 0 radical (unpaired) electrons. The third-order valence-corrected chi connectivity index (χ3v) is 2.43. The first-order chi connectivity index (χ1) is 9.81. The van der Waals surface area contributed by atoms with Crippen molar-refractivity contribution in [3.05, 3.63) is 0 Å². The topological polar surface area (TPSA) is 66.4 Å². The van der Waals surface area contributed by atoms with Crippen molar-refractivity contribution in [2.24, 2.45) is 0 Å². The van der Waals surface area contributed by atoms with Crippen molar-refractivity contribution in [1.29, 1.82) is 0 Å². The highest BCUT2D eigenvalue weighted by atomic mass is 16.6. The van der Waals surface area contributed by atoms with E-state index in [4.69, 9.17) is 23.7 Å². The number of ether oxygens (including phenoxy) is 5. The van der Waals surface area contributed by atoms with Crippen LogP contribution in [-0.2, 0) is 23.7 Å². The van der Waals surface area contributed by atoms with Crippen LogP contribution in [0.3, 0.4) is 0 Å². The van der Waals surface area contributed by atoms with Gasteiger partial charge < -0.3 is 28.8 Å². The lowest BCUT2D eigenvalue weighted by molar-refractivity contribution is -0.0319. The largest absolute Gasteiger partial charge is 0.388 e. The van der Waals surface area contributed by atoms with Gasteiger partial charge in [0.15, 0.2) is 0 Å². The van der Waals surface area contributed by atoms with E-state index in [1.807, 2.05) is 0 Å². The summed E-state index contributed by atoms with van der Waals surface area (Å²) in [6.45, 7) is 6.80. The summed E-state index contributed by atoms with van der Waals surface area (Å²) in [6.07, 6.45) is 1.68. The number of aliphatic hydroxyl groups is 1. The molecular formula is C14H30O6. The molecule has 0 spiro atoms. The van der Waals surface area contributed by atoms with Crippen molar-refractivity contribution >= 4 is 0 Å². The molecule has 6 nitrogen and oxygen atoms in total. The van der Waals surface area contributed by atoms with Crippen LogP contribution in [0.5, 0.6) is 0 Å². The lowest BCUT2D eigenvalue weighted by Gasteiger charge is -2.10. The molecule has 0 bridgehead atoms. The number of methoxy groups -OCH3 is 1. The minimum absolute atomic E-state index is 0.267. The molecule has 0 saturated carbocycles. The van der Waals surface area contributed by atoms with Crippen molar-refractivity contribution in [2.75, 3.05) is 66.6 Å². The minimum Gasteiger partial charge on any atom is -0.388 e. The molecule has 0 saturated heterocycles. The molecule has 0 heterocycles. The van der Waals surface area contributed by atoms with Gasteiger partial charge in [0.25, 0.3) is 0 Å². The van der Waals surface area contributed by atoms with Gasteiger partial charge in [0, 0.05) is 13.7 Å². The highest BCUT2D eigenvalue weighted by Crippen LogP contribution is 1.89. The second kappa shape index (κ2) is 16.8. The lowest BCUT2D eigenvalue weighted by Crippen LogP contribution is -2.22. The van der Waals surface area contributed by atoms with E-state index in [2.05, 4.69) is 6.92 Å². The van der Waals surface area contributed by atoms with Gasteiger partial charge in [0.1, 0.15) is 6.10 Å². The summed E-state index contributed by atoms with van der Waals surface area (Å²) >= 11 is 0. The zero-order chi connectivity index (χ0) is 14.9. The summed E-state index contributed by atoms with van der Waals surface area (Å²) in [5.74, 6) is 0. The second-order valence-electron chi connectivity index (χ2n) is 4.37. The van der Waals surface area contributed by atoms with E-state index in [1.165, 1.54) is 0 Å². The van der Waals surface area contributed by atoms with E-state index >= 15 is 0 Å². The molecule has 0 rings (SSSR count). The Kier molecular flexibility index (Phi) is 16.6. The van der Waals surface area contributed by atoms with Gasteiger partial charge in [-0.05, 0) is 6.42 Å². The third-order valence-electron chi connectivity index (χ3n) is 2.43. The predicted octanol–water partition coefficient (Wildman–Crippen LogP) is 0.860. The molecule has 0 amide bonds. The molecule has 6 heteroatoms. The molecule has 1 atom stereocenters. The monoisotopic (exact) mass is 294 g/mol. The van der Waals surface area contributed by atoms with Crippen LogP contribution in [0.2, 0.25) is 0 Å². The van der Waals surface area contributed by atoms with E-state index in [0.717, 1.165) is 19.4 Å². The zero-order valence-electron chi connectivity index (χ0n) is 12.8. The Hall–Kier alpha value is -0.240. The van der Waals surface area contributed by atoms with Gasteiger partial charge in [-0.2, -0.15) is 0 Å². The Morgan fingerprint density at radius 1 is 0.750 bits per heavy atom. The molecule has 0 aromatic heterocycles. The van der Waals surface area contributed by atoms with Crippen LogP contribution in [0.15, 0.2) is 0 Å². The van der Waals surface area contributed by atoms with Gasteiger partial charge in [-0.25, -0.2) is 0 Å². The first kappa shape index (κ1) is 19.8. The van der Waals surface area contributed by atoms with Crippen LogP contribution < -0.4 is 0 Å². The normalized spacial score (nSPS) is 12.8. The SMILES string of the molecule is CCCCOCCOCCOCCOCC(O)COC. The van der Waals surface area contributed by atoms with Crippen LogP contribution in [0, 0.1) is 0 Å². The first-order valence-corrected chi connectivity index (χ1v) is 7.29. The van der Waals surface area contributed by atoms with Crippen LogP contribution in [0.4, 0.5) is 0 Å². The second-order valence-corrected chi connectivity index (χ2v) is 4.37. The molecule has 0 aromatic rings. The van der Waals surface area contributed by atoms with Gasteiger partial charge in [0.05, 0.1) is 52.9 Å². The molecule has 0 fully saturated rings. The maximum atomic E-state index is 9.30. The molecule has 0 aliphatic heterocycles. The molecule has 0 aliphatic rings. The smallest absolute Gasteiger partial charge is 0.101 e. The highest BCUT2D eigenvalue weighted by Gasteiger charge is 2.02.